The molecule has 2 heterocycles. The van der Waals surface area contributed by atoms with Crippen LogP contribution in [0.3, 0.4) is 0 Å². The number of benzene rings is 2. The second-order valence-electron chi connectivity index (χ2n) is 6.55. The van der Waals surface area contributed by atoms with E-state index < -0.39 is 29.5 Å². The standard InChI is InChI=1S/C21H16F2N2O2S/c1-25-19(17-7-4-10-28-17)18(13-5-2-3-6-14(13)21(25)27)20(26)24-16-9-8-12(22)11-15(16)23/h2-11,18-19H,1H3,(H,24,26)/t18-,19+/m1/s1. The summed E-state index contributed by atoms with van der Waals surface area (Å²) in [6.45, 7) is 0. The maximum Gasteiger partial charge on any atom is 0.254 e. The Morgan fingerprint density at radius 3 is 2.61 bits per heavy atom. The molecule has 4 rings (SSSR count). The molecule has 0 fully saturated rings. The summed E-state index contributed by atoms with van der Waals surface area (Å²) in [6, 6.07) is 13.1. The lowest BCUT2D eigenvalue weighted by Crippen LogP contribution is -2.43. The van der Waals surface area contributed by atoms with Crippen LogP contribution in [0.25, 0.3) is 0 Å². The Hall–Kier alpha value is -3.06. The summed E-state index contributed by atoms with van der Waals surface area (Å²) in [4.78, 5) is 28.5. The third-order valence-corrected chi connectivity index (χ3v) is 5.83. The van der Waals surface area contributed by atoms with E-state index >= 15 is 0 Å². The number of halogens is 2. The fraction of sp³-hybridized carbons (Fsp3) is 0.143. The number of rotatable bonds is 3. The second kappa shape index (κ2) is 7.16. The van der Waals surface area contributed by atoms with Crippen molar-refractivity contribution in [3.63, 3.8) is 0 Å². The molecular weight excluding hydrogens is 382 g/mol. The van der Waals surface area contributed by atoms with Crippen molar-refractivity contribution in [2.45, 2.75) is 12.0 Å². The predicted octanol–water partition coefficient (Wildman–Crippen LogP) is 4.58. The molecule has 7 heteroatoms. The van der Waals surface area contributed by atoms with Gasteiger partial charge in [0.05, 0.1) is 17.6 Å². The van der Waals surface area contributed by atoms with Gasteiger partial charge < -0.3 is 10.2 Å². The summed E-state index contributed by atoms with van der Waals surface area (Å²) < 4.78 is 27.2. The number of anilines is 1. The molecule has 0 radical (unpaired) electrons. The molecule has 0 saturated carbocycles. The summed E-state index contributed by atoms with van der Waals surface area (Å²) >= 11 is 1.44. The Bertz CT molecular complexity index is 1050. The minimum atomic E-state index is -0.852. The molecule has 1 N–H and O–H groups in total. The van der Waals surface area contributed by atoms with Gasteiger partial charge in [0.2, 0.25) is 5.91 Å². The topological polar surface area (TPSA) is 49.4 Å². The first-order valence-corrected chi connectivity index (χ1v) is 9.50. The van der Waals surface area contributed by atoms with E-state index in [2.05, 4.69) is 5.32 Å². The number of likely N-dealkylation sites (N-methyl/N-ethyl adjacent to an activating group) is 1. The maximum absolute atomic E-state index is 14.1. The van der Waals surface area contributed by atoms with Crippen LogP contribution in [0.2, 0.25) is 0 Å². The van der Waals surface area contributed by atoms with Crippen molar-refractivity contribution in [1.82, 2.24) is 4.90 Å². The van der Waals surface area contributed by atoms with Crippen molar-refractivity contribution in [3.8, 4) is 0 Å². The van der Waals surface area contributed by atoms with Gasteiger partial charge in [0.1, 0.15) is 11.6 Å². The van der Waals surface area contributed by atoms with E-state index in [1.54, 1.807) is 36.2 Å². The first kappa shape index (κ1) is 18.3. The van der Waals surface area contributed by atoms with Gasteiger partial charge in [-0.3, -0.25) is 9.59 Å². The molecule has 1 aliphatic heterocycles. The van der Waals surface area contributed by atoms with Crippen LogP contribution in [-0.2, 0) is 4.79 Å². The normalized spacial score (nSPS) is 18.7. The van der Waals surface area contributed by atoms with Crippen LogP contribution >= 0.6 is 11.3 Å². The van der Waals surface area contributed by atoms with Crippen molar-refractivity contribution in [3.05, 3.63) is 87.6 Å². The van der Waals surface area contributed by atoms with Crippen molar-refractivity contribution in [1.29, 1.82) is 0 Å². The highest BCUT2D eigenvalue weighted by Crippen LogP contribution is 2.43. The van der Waals surface area contributed by atoms with Crippen molar-refractivity contribution in [2.75, 3.05) is 12.4 Å². The smallest absolute Gasteiger partial charge is 0.254 e. The Morgan fingerprint density at radius 1 is 1.11 bits per heavy atom. The minimum absolute atomic E-state index is 0.103. The van der Waals surface area contributed by atoms with Gasteiger partial charge in [-0.2, -0.15) is 0 Å². The number of nitrogens with zero attached hydrogens (tertiary/aromatic N) is 1. The summed E-state index contributed by atoms with van der Waals surface area (Å²) in [7, 11) is 1.65. The fourth-order valence-corrected chi connectivity index (χ4v) is 4.48. The van der Waals surface area contributed by atoms with Crippen LogP contribution < -0.4 is 5.32 Å². The molecule has 3 aromatic rings. The van der Waals surface area contributed by atoms with Crippen LogP contribution in [-0.4, -0.2) is 23.8 Å². The number of fused-ring (bicyclic) bond motifs is 1. The fourth-order valence-electron chi connectivity index (χ4n) is 3.57. The summed E-state index contributed by atoms with van der Waals surface area (Å²) in [5.74, 6) is -2.95. The van der Waals surface area contributed by atoms with Gasteiger partial charge in [0.25, 0.3) is 5.91 Å². The average molecular weight is 398 g/mol. The molecule has 0 unspecified atom stereocenters. The van der Waals surface area contributed by atoms with Gasteiger partial charge in [-0.15, -0.1) is 11.3 Å². The molecule has 0 aliphatic carbocycles. The van der Waals surface area contributed by atoms with E-state index in [1.807, 2.05) is 17.5 Å². The van der Waals surface area contributed by atoms with Gasteiger partial charge in [0.15, 0.2) is 0 Å². The lowest BCUT2D eigenvalue weighted by atomic mass is 9.81. The van der Waals surface area contributed by atoms with Crippen LogP contribution in [0, 0.1) is 11.6 Å². The predicted molar refractivity (Wildman–Crippen MR) is 103 cm³/mol. The Morgan fingerprint density at radius 2 is 1.89 bits per heavy atom. The van der Waals surface area contributed by atoms with E-state index in [0.29, 0.717) is 11.1 Å². The van der Waals surface area contributed by atoms with Crippen molar-refractivity contribution in [2.24, 2.45) is 0 Å². The molecule has 142 valence electrons. The monoisotopic (exact) mass is 398 g/mol. The van der Waals surface area contributed by atoms with Crippen LogP contribution in [0.4, 0.5) is 14.5 Å². The Labute approximate surface area is 164 Å². The van der Waals surface area contributed by atoms with E-state index in [1.165, 1.54) is 17.4 Å². The average Bonchev–Trinajstić information content (AvgIpc) is 3.21. The van der Waals surface area contributed by atoms with Gasteiger partial charge in [0, 0.05) is 23.6 Å². The number of hydrogen-bond acceptors (Lipinski definition) is 3. The van der Waals surface area contributed by atoms with Gasteiger partial charge in [-0.05, 0) is 35.2 Å². The zero-order valence-corrected chi connectivity index (χ0v) is 15.7. The number of carbonyl (C=O) groups excluding carboxylic acids is 2. The van der Waals surface area contributed by atoms with E-state index in [0.717, 1.165) is 17.0 Å². The maximum atomic E-state index is 14.1. The molecule has 4 nitrogen and oxygen atoms in total. The molecule has 2 aromatic carbocycles. The summed E-state index contributed by atoms with van der Waals surface area (Å²) in [5, 5.41) is 4.44. The molecule has 2 atom stereocenters. The van der Waals surface area contributed by atoms with Crippen LogP contribution in [0.15, 0.2) is 60.0 Å². The highest BCUT2D eigenvalue weighted by Gasteiger charge is 2.43. The zero-order valence-electron chi connectivity index (χ0n) is 14.9. The summed E-state index contributed by atoms with van der Waals surface area (Å²) in [5.41, 5.74) is 0.926. The van der Waals surface area contributed by atoms with Gasteiger partial charge >= 0.3 is 0 Å². The van der Waals surface area contributed by atoms with E-state index in [4.69, 9.17) is 0 Å². The molecule has 0 bridgehead atoms. The van der Waals surface area contributed by atoms with Crippen LogP contribution in [0.5, 0.6) is 0 Å². The molecule has 2 amide bonds. The Balaban J connectivity index is 1.79. The summed E-state index contributed by atoms with van der Waals surface area (Å²) in [6.07, 6.45) is 0. The highest BCUT2D eigenvalue weighted by atomic mass is 32.1. The molecule has 1 aliphatic rings. The molecule has 1 aromatic heterocycles. The second-order valence-corrected chi connectivity index (χ2v) is 7.53. The minimum Gasteiger partial charge on any atom is -0.333 e. The number of thiophene rings is 1. The zero-order chi connectivity index (χ0) is 19.8. The van der Waals surface area contributed by atoms with E-state index in [-0.39, 0.29) is 11.6 Å². The molecular formula is C21H16F2N2O2S. The van der Waals surface area contributed by atoms with Crippen molar-refractivity contribution >= 4 is 28.8 Å². The third-order valence-electron chi connectivity index (χ3n) is 4.89. The Kier molecular flexibility index (Phi) is 4.68. The SMILES string of the molecule is CN1C(=O)c2ccccc2[C@@H](C(=O)Nc2ccc(F)cc2F)[C@@H]1c1cccs1. The number of nitrogens with one attached hydrogen (secondary N) is 1. The molecule has 28 heavy (non-hydrogen) atoms. The molecule has 0 saturated heterocycles. The first-order valence-electron chi connectivity index (χ1n) is 8.63. The lowest BCUT2D eigenvalue weighted by Gasteiger charge is -2.39. The largest absolute Gasteiger partial charge is 0.333 e. The van der Waals surface area contributed by atoms with Crippen LogP contribution in [0.1, 0.15) is 32.8 Å². The number of carbonyl (C=O) groups is 2. The quantitative estimate of drug-likeness (QED) is 0.702. The van der Waals surface area contributed by atoms with Gasteiger partial charge in [-0.25, -0.2) is 8.78 Å². The number of amides is 2. The third kappa shape index (κ3) is 3.07. The highest BCUT2D eigenvalue weighted by molar-refractivity contribution is 7.10. The number of hydrogen-bond donors (Lipinski definition) is 1. The van der Waals surface area contributed by atoms with E-state index in [9.17, 15) is 18.4 Å². The van der Waals surface area contributed by atoms with Gasteiger partial charge in [-0.1, -0.05) is 24.3 Å². The lowest BCUT2D eigenvalue weighted by molar-refractivity contribution is -0.119. The van der Waals surface area contributed by atoms with Crippen molar-refractivity contribution < 1.29 is 18.4 Å². The molecule has 0 spiro atoms. The first-order chi connectivity index (χ1) is 13.5.